The second-order valence-corrected chi connectivity index (χ2v) is 6.99. The first-order valence-corrected chi connectivity index (χ1v) is 8.20. The van der Waals surface area contributed by atoms with Gasteiger partial charge < -0.3 is 4.74 Å². The number of rotatable bonds is 4. The van der Waals surface area contributed by atoms with Gasteiger partial charge in [-0.15, -0.1) is 0 Å². The number of para-hydroxylation sites is 1. The Kier molecular flexibility index (Phi) is 4.52. The van der Waals surface area contributed by atoms with Crippen LogP contribution in [-0.2, 0) is 11.8 Å². The van der Waals surface area contributed by atoms with E-state index in [1.54, 1.807) is 18.3 Å². The average molecular weight is 323 g/mol. The molecular formula is C21H22FNO. The lowest BCUT2D eigenvalue weighted by molar-refractivity contribution is 0.325. The molecule has 2 nitrogen and oxygen atoms in total. The predicted octanol–water partition coefficient (Wildman–Crippen LogP) is 5.29. The normalized spacial score (nSPS) is 11.7. The van der Waals surface area contributed by atoms with E-state index in [9.17, 15) is 4.39 Å². The molecule has 0 aliphatic rings. The number of halogens is 1. The highest BCUT2D eigenvalue weighted by Gasteiger charge is 2.12. The number of nitrogens with zero attached hydrogens (tertiary/aromatic N) is 1. The predicted molar refractivity (Wildman–Crippen MR) is 96.0 cm³/mol. The van der Waals surface area contributed by atoms with Crippen LogP contribution in [0.25, 0.3) is 10.9 Å². The van der Waals surface area contributed by atoms with E-state index in [4.69, 9.17) is 4.74 Å². The van der Waals surface area contributed by atoms with E-state index in [0.29, 0.717) is 23.3 Å². The van der Waals surface area contributed by atoms with Gasteiger partial charge in [0.25, 0.3) is 0 Å². The van der Waals surface area contributed by atoms with Gasteiger partial charge in [-0.3, -0.25) is 4.98 Å². The third-order valence-corrected chi connectivity index (χ3v) is 4.15. The Morgan fingerprint density at radius 2 is 1.75 bits per heavy atom. The van der Waals surface area contributed by atoms with E-state index in [1.165, 1.54) is 17.2 Å². The summed E-state index contributed by atoms with van der Waals surface area (Å²) in [6.07, 6.45) is 2.39. The summed E-state index contributed by atoms with van der Waals surface area (Å²) in [5.74, 6) is 0.349. The third-order valence-electron chi connectivity index (χ3n) is 4.15. The first kappa shape index (κ1) is 16.4. The Hall–Kier alpha value is -2.42. The summed E-state index contributed by atoms with van der Waals surface area (Å²) in [5, 5.41) is 0.709. The smallest absolute Gasteiger partial charge is 0.149 e. The molecule has 3 aromatic rings. The van der Waals surface area contributed by atoms with Gasteiger partial charge in [-0.2, -0.15) is 0 Å². The van der Waals surface area contributed by atoms with Crippen molar-refractivity contribution in [3.8, 4) is 5.75 Å². The lowest BCUT2D eigenvalue weighted by Crippen LogP contribution is -2.11. The van der Waals surface area contributed by atoms with E-state index >= 15 is 0 Å². The zero-order valence-electron chi connectivity index (χ0n) is 14.3. The van der Waals surface area contributed by atoms with Crippen LogP contribution >= 0.6 is 0 Å². The van der Waals surface area contributed by atoms with Gasteiger partial charge >= 0.3 is 0 Å². The van der Waals surface area contributed by atoms with Gasteiger partial charge in [-0.25, -0.2) is 4.39 Å². The Bertz CT molecular complexity index is 835. The standard InChI is InChI=1S/C21H22FNO/c1-21(2,3)16-9-7-15(8-10-16)12-14-24-19-11-13-23-20-17(19)5-4-6-18(20)22/h4-11,13H,12,14H2,1-3H3. The van der Waals surface area contributed by atoms with Gasteiger partial charge in [0.15, 0.2) is 0 Å². The number of fused-ring (bicyclic) bond motifs is 1. The molecule has 1 heterocycles. The SMILES string of the molecule is CC(C)(C)c1ccc(CCOc2ccnc3c(F)cccc23)cc1. The summed E-state index contributed by atoms with van der Waals surface area (Å²) in [6.45, 7) is 7.17. The van der Waals surface area contributed by atoms with Crippen LogP contribution in [-0.4, -0.2) is 11.6 Å². The largest absolute Gasteiger partial charge is 0.492 e. The molecule has 0 N–H and O–H groups in total. The molecule has 3 heteroatoms. The molecule has 0 saturated heterocycles. The van der Waals surface area contributed by atoms with E-state index in [1.807, 2.05) is 6.07 Å². The zero-order chi connectivity index (χ0) is 17.2. The molecule has 24 heavy (non-hydrogen) atoms. The van der Waals surface area contributed by atoms with Crippen molar-refractivity contribution in [2.24, 2.45) is 0 Å². The Morgan fingerprint density at radius 3 is 2.46 bits per heavy atom. The molecule has 124 valence electrons. The van der Waals surface area contributed by atoms with Gasteiger partial charge in [0.1, 0.15) is 17.1 Å². The van der Waals surface area contributed by atoms with Crippen LogP contribution in [0.3, 0.4) is 0 Å². The molecule has 0 bridgehead atoms. The van der Waals surface area contributed by atoms with Crippen LogP contribution in [0.4, 0.5) is 4.39 Å². The van der Waals surface area contributed by atoms with Gasteiger partial charge in [-0.1, -0.05) is 51.1 Å². The second-order valence-electron chi connectivity index (χ2n) is 6.99. The lowest BCUT2D eigenvalue weighted by atomic mass is 9.86. The summed E-state index contributed by atoms with van der Waals surface area (Å²) in [6, 6.07) is 15.3. The quantitative estimate of drug-likeness (QED) is 0.650. The fourth-order valence-corrected chi connectivity index (χ4v) is 2.69. The van der Waals surface area contributed by atoms with Crippen LogP contribution in [0.5, 0.6) is 5.75 Å². The minimum Gasteiger partial charge on any atom is -0.492 e. The third kappa shape index (κ3) is 3.56. The number of hydrogen-bond acceptors (Lipinski definition) is 2. The highest BCUT2D eigenvalue weighted by molar-refractivity contribution is 5.85. The van der Waals surface area contributed by atoms with Gasteiger partial charge in [0.05, 0.1) is 6.61 Å². The maximum Gasteiger partial charge on any atom is 0.149 e. The maximum absolute atomic E-state index is 13.8. The van der Waals surface area contributed by atoms with Crippen LogP contribution in [0.15, 0.2) is 54.7 Å². The number of pyridine rings is 1. The number of ether oxygens (including phenoxy) is 1. The molecule has 2 aromatic carbocycles. The fraction of sp³-hybridized carbons (Fsp3) is 0.286. The van der Waals surface area contributed by atoms with E-state index in [0.717, 1.165) is 6.42 Å². The summed E-state index contributed by atoms with van der Waals surface area (Å²) in [4.78, 5) is 4.09. The molecule has 0 spiro atoms. The van der Waals surface area contributed by atoms with Crippen molar-refractivity contribution in [1.82, 2.24) is 4.98 Å². The lowest BCUT2D eigenvalue weighted by Gasteiger charge is -2.19. The van der Waals surface area contributed by atoms with E-state index in [-0.39, 0.29) is 11.2 Å². The van der Waals surface area contributed by atoms with Gasteiger partial charge in [0.2, 0.25) is 0 Å². The molecular weight excluding hydrogens is 301 g/mol. The summed E-state index contributed by atoms with van der Waals surface area (Å²) in [5.41, 5.74) is 3.06. The topological polar surface area (TPSA) is 22.1 Å². The van der Waals surface area contributed by atoms with Gasteiger partial charge in [0, 0.05) is 18.0 Å². The van der Waals surface area contributed by atoms with Crippen LogP contribution in [0.2, 0.25) is 0 Å². The second kappa shape index (κ2) is 6.60. The Morgan fingerprint density at radius 1 is 1.00 bits per heavy atom. The highest BCUT2D eigenvalue weighted by atomic mass is 19.1. The van der Waals surface area contributed by atoms with Crippen molar-refractivity contribution < 1.29 is 9.13 Å². The molecule has 1 aromatic heterocycles. The van der Waals surface area contributed by atoms with Crippen molar-refractivity contribution in [3.63, 3.8) is 0 Å². The molecule has 0 radical (unpaired) electrons. The molecule has 0 atom stereocenters. The highest BCUT2D eigenvalue weighted by Crippen LogP contribution is 2.26. The van der Waals surface area contributed by atoms with Crippen molar-refractivity contribution in [3.05, 3.63) is 71.7 Å². The Labute approximate surface area is 142 Å². The van der Waals surface area contributed by atoms with E-state index in [2.05, 4.69) is 50.0 Å². The zero-order valence-corrected chi connectivity index (χ0v) is 14.3. The Balaban J connectivity index is 1.68. The molecule has 0 aliphatic carbocycles. The fourth-order valence-electron chi connectivity index (χ4n) is 2.69. The molecule has 0 saturated carbocycles. The summed E-state index contributed by atoms with van der Waals surface area (Å²) in [7, 11) is 0. The van der Waals surface area contributed by atoms with Crippen molar-refractivity contribution in [2.45, 2.75) is 32.6 Å². The molecule has 0 amide bonds. The van der Waals surface area contributed by atoms with Crippen LogP contribution < -0.4 is 4.74 Å². The van der Waals surface area contributed by atoms with E-state index < -0.39 is 0 Å². The molecule has 3 rings (SSSR count). The summed E-state index contributed by atoms with van der Waals surface area (Å²) < 4.78 is 19.6. The molecule has 0 aliphatic heterocycles. The average Bonchev–Trinajstić information content (AvgIpc) is 2.55. The van der Waals surface area contributed by atoms with Crippen molar-refractivity contribution in [1.29, 1.82) is 0 Å². The van der Waals surface area contributed by atoms with Gasteiger partial charge in [-0.05, 0) is 34.7 Å². The maximum atomic E-state index is 13.8. The summed E-state index contributed by atoms with van der Waals surface area (Å²) >= 11 is 0. The first-order valence-electron chi connectivity index (χ1n) is 8.20. The number of hydrogen-bond donors (Lipinski definition) is 0. The van der Waals surface area contributed by atoms with Crippen LogP contribution in [0, 0.1) is 5.82 Å². The minimum absolute atomic E-state index is 0.162. The first-order chi connectivity index (χ1) is 11.4. The monoisotopic (exact) mass is 323 g/mol. The van der Waals surface area contributed by atoms with Crippen molar-refractivity contribution >= 4 is 10.9 Å². The molecule has 0 unspecified atom stereocenters. The molecule has 0 fully saturated rings. The van der Waals surface area contributed by atoms with Crippen LogP contribution in [0.1, 0.15) is 31.9 Å². The number of benzene rings is 2. The number of aromatic nitrogens is 1. The minimum atomic E-state index is -0.323. The van der Waals surface area contributed by atoms with Crippen molar-refractivity contribution in [2.75, 3.05) is 6.61 Å².